The van der Waals surface area contributed by atoms with E-state index in [4.69, 9.17) is 33.4 Å². The predicted molar refractivity (Wildman–Crippen MR) is 222 cm³/mol. The largest absolute Gasteiger partial charge is 0.507 e. The zero-order valence-electron chi connectivity index (χ0n) is 35.1. The number of ether oxygens (including phenoxy) is 6. The van der Waals surface area contributed by atoms with Crippen molar-refractivity contribution in [3.63, 3.8) is 0 Å². The lowest BCUT2D eigenvalue weighted by atomic mass is 9.78. The van der Waals surface area contributed by atoms with Crippen molar-refractivity contribution in [3.8, 4) is 17.2 Å². The molecule has 2 aromatic carbocycles. The number of carbonyl (C=O) groups excluding carboxylic acids is 3. The van der Waals surface area contributed by atoms with Gasteiger partial charge in [0.1, 0.15) is 23.3 Å². The summed E-state index contributed by atoms with van der Waals surface area (Å²) >= 11 is 1.08. The highest BCUT2D eigenvalue weighted by molar-refractivity contribution is 7.23. The van der Waals surface area contributed by atoms with Crippen LogP contribution in [0.15, 0.2) is 36.1 Å². The molecule has 2 unspecified atom stereocenters. The van der Waals surface area contributed by atoms with Crippen LogP contribution < -0.4 is 15.4 Å². The van der Waals surface area contributed by atoms with Gasteiger partial charge in [-0.25, -0.2) is 4.98 Å². The number of phenols is 2. The fraction of sp³-hybridized carbons (Fsp3) is 0.524. The zero-order valence-corrected chi connectivity index (χ0v) is 35.9. The molecule has 4 bridgehead atoms. The number of nitrogens with one attached hydrogen (secondary N) is 2. The molecule has 0 radical (unpaired) electrons. The van der Waals surface area contributed by atoms with Gasteiger partial charge >= 0.3 is 11.8 Å². The van der Waals surface area contributed by atoms with Gasteiger partial charge in [-0.2, -0.15) is 0 Å². The van der Waals surface area contributed by atoms with Crippen LogP contribution in [0.5, 0.6) is 17.2 Å². The van der Waals surface area contributed by atoms with Crippen molar-refractivity contribution in [3.05, 3.63) is 47.3 Å². The minimum Gasteiger partial charge on any atom is -0.507 e. The highest BCUT2D eigenvalue weighted by Gasteiger charge is 2.49. The van der Waals surface area contributed by atoms with Gasteiger partial charge in [-0.05, 0) is 19.9 Å². The number of phenolic OH excluding ortho intramolecular Hbond substituents is 2. The van der Waals surface area contributed by atoms with Gasteiger partial charge in [-0.15, -0.1) is 0 Å². The number of hydrogen-bond donors (Lipinski definition) is 6. The summed E-state index contributed by atoms with van der Waals surface area (Å²) in [6, 6.07) is 0. The molecule has 0 saturated heterocycles. The van der Waals surface area contributed by atoms with E-state index in [1.54, 1.807) is 46.8 Å². The Bertz CT molecular complexity index is 2180. The topological polar surface area (TPSA) is 224 Å². The summed E-state index contributed by atoms with van der Waals surface area (Å²) < 4.78 is 34.7. The number of methoxy groups -OCH3 is 3. The van der Waals surface area contributed by atoms with E-state index in [1.165, 1.54) is 60.5 Å². The number of aromatic hydroxyl groups is 2. The quantitative estimate of drug-likeness (QED) is 0.0955. The maximum atomic E-state index is 14.6. The number of rotatable bonds is 7. The third-order valence-electron chi connectivity index (χ3n) is 11.3. The van der Waals surface area contributed by atoms with E-state index < -0.39 is 89.3 Å². The van der Waals surface area contributed by atoms with Crippen LogP contribution in [0, 0.1) is 30.6 Å². The Labute approximate surface area is 346 Å². The number of Topliss-reactive ketones (excluding diaryl/α,β-unsaturated/α-hetero) is 1. The van der Waals surface area contributed by atoms with Crippen LogP contribution >= 0.6 is 11.3 Å². The maximum absolute atomic E-state index is 14.6. The van der Waals surface area contributed by atoms with Gasteiger partial charge in [0.2, 0.25) is 0 Å². The van der Waals surface area contributed by atoms with E-state index in [0.717, 1.165) is 11.3 Å². The number of hydrogen-bond acceptors (Lipinski definition) is 16. The van der Waals surface area contributed by atoms with Gasteiger partial charge in [0.05, 0.1) is 52.3 Å². The minimum absolute atomic E-state index is 0.00532. The van der Waals surface area contributed by atoms with E-state index in [1.807, 2.05) is 0 Å². The first-order valence-corrected chi connectivity index (χ1v) is 20.1. The predicted octanol–water partition coefficient (Wildman–Crippen LogP) is 5.69. The van der Waals surface area contributed by atoms with Crippen LogP contribution in [0.3, 0.4) is 0 Å². The normalized spacial score (nSPS) is 30.2. The number of thiazole rings is 1. The molecule has 322 valence electrons. The lowest BCUT2D eigenvalue weighted by Gasteiger charge is -2.38. The second-order valence-corrected chi connectivity index (χ2v) is 16.3. The van der Waals surface area contributed by atoms with Gasteiger partial charge in [0.25, 0.3) is 11.7 Å². The van der Waals surface area contributed by atoms with E-state index in [-0.39, 0.29) is 55.7 Å². The molecule has 16 nitrogen and oxygen atoms in total. The van der Waals surface area contributed by atoms with E-state index in [9.17, 15) is 34.8 Å². The van der Waals surface area contributed by atoms with Gasteiger partial charge in [0.15, 0.2) is 17.2 Å². The molecule has 3 heterocycles. The summed E-state index contributed by atoms with van der Waals surface area (Å²) in [7, 11) is 4.41. The Morgan fingerprint density at radius 2 is 1.68 bits per heavy atom. The number of esters is 1. The Hall–Kier alpha value is -4.78. The molecule has 0 aliphatic carbocycles. The van der Waals surface area contributed by atoms with Crippen LogP contribution in [-0.2, 0) is 33.3 Å². The van der Waals surface area contributed by atoms with Crippen LogP contribution in [0.25, 0.3) is 21.0 Å². The Morgan fingerprint density at radius 1 is 1.00 bits per heavy atom. The number of aliphatic hydroxyl groups is 2. The molecule has 2 aliphatic rings. The maximum Gasteiger partial charge on any atom is 0.312 e. The molecular formula is C42H55N3O13S. The molecule has 3 aromatic rings. The number of fused-ring (bicyclic) bond motifs is 1. The second kappa shape index (κ2) is 18.2. The molecule has 0 saturated carbocycles. The SMILES string of the molecule is COC(CNc1nc2c(s1)c1c(O)c3c(O)c(C)c4c(c32)C(=O)[C@@](C)(O/C=C/C(OC)[C@@H](C)[C@@H](OC(C)=O)[C@H](C)[C@H](O)[C@H](C)[C@@H](O)C(C)/C=C/C=C(/C)C(=O)N1)O4)OC. The summed E-state index contributed by atoms with van der Waals surface area (Å²) in [4.78, 5) is 45.4. The van der Waals surface area contributed by atoms with E-state index >= 15 is 0 Å². The molecule has 6 N–H and O–H groups in total. The number of aliphatic hydroxyl groups excluding tert-OH is 2. The van der Waals surface area contributed by atoms with Crippen LogP contribution in [0.1, 0.15) is 64.4 Å². The second-order valence-electron chi connectivity index (χ2n) is 15.3. The third kappa shape index (κ3) is 8.76. The van der Waals surface area contributed by atoms with Gasteiger partial charge in [-0.1, -0.05) is 57.3 Å². The highest BCUT2D eigenvalue weighted by Crippen LogP contribution is 2.55. The number of nitrogens with zero attached hydrogens (tertiary/aromatic N) is 1. The number of carbonyl (C=O) groups is 3. The molecule has 17 heteroatoms. The van der Waals surface area contributed by atoms with Gasteiger partial charge < -0.3 is 59.5 Å². The summed E-state index contributed by atoms with van der Waals surface area (Å²) in [5, 5.41) is 52.7. The average Bonchev–Trinajstić information content (AvgIpc) is 3.75. The van der Waals surface area contributed by atoms with Crippen molar-refractivity contribution < 1.29 is 63.2 Å². The molecule has 59 heavy (non-hydrogen) atoms. The zero-order chi connectivity index (χ0) is 43.7. The van der Waals surface area contributed by atoms with Crippen molar-refractivity contribution in [2.75, 3.05) is 38.5 Å². The first kappa shape index (κ1) is 45.3. The Balaban J connectivity index is 1.72. The van der Waals surface area contributed by atoms with Crippen LogP contribution in [0.4, 0.5) is 10.8 Å². The first-order valence-electron chi connectivity index (χ1n) is 19.3. The smallest absolute Gasteiger partial charge is 0.312 e. The summed E-state index contributed by atoms with van der Waals surface area (Å²) in [6.07, 6.45) is 3.13. The number of allylic oxidation sites excluding steroid dienone is 2. The van der Waals surface area contributed by atoms with Crippen molar-refractivity contribution in [2.45, 2.75) is 91.9 Å². The molecule has 1 amide bonds. The number of benzene rings is 2. The summed E-state index contributed by atoms with van der Waals surface area (Å²) in [6.45, 7) is 12.9. The molecule has 0 spiro atoms. The lowest BCUT2D eigenvalue weighted by molar-refractivity contribution is -0.160. The van der Waals surface area contributed by atoms with Gasteiger partial charge in [-0.3, -0.25) is 14.4 Å². The molecule has 5 rings (SSSR count). The summed E-state index contributed by atoms with van der Waals surface area (Å²) in [5.74, 6) is -7.14. The van der Waals surface area contributed by atoms with Crippen LogP contribution in [0.2, 0.25) is 0 Å². The fourth-order valence-corrected chi connectivity index (χ4v) is 8.61. The van der Waals surface area contributed by atoms with Crippen LogP contribution in [-0.4, -0.2) is 107 Å². The standard InChI is InChI=1S/C42H55N3O13S/c1-18-13-12-14-19(2)40(52)44-31-35(50)28-27(30-38(31)59-41(45-30)43-17-26(54-10)55-11)29-37(23(6)34(28)49)58-42(8,39(29)51)56-16-15-25(53-9)20(3)36(57-24(7)46)22(5)33(48)21(4)32(18)47/h12-16,18,20-22,25-26,32-33,36,47-50H,17H2,1-11H3,(H,43,45)(H,44,52)/b13-12+,16-15+,19-14-/t18?,20-,21-,22-,25?,32+,33-,36-,42+/m1/s1. The third-order valence-corrected chi connectivity index (χ3v) is 12.3. The van der Waals surface area contributed by atoms with E-state index in [2.05, 4.69) is 10.6 Å². The lowest BCUT2D eigenvalue weighted by Crippen LogP contribution is -2.46. The molecule has 1 aromatic heterocycles. The highest BCUT2D eigenvalue weighted by atomic mass is 32.1. The van der Waals surface area contributed by atoms with Crippen molar-refractivity contribution in [2.24, 2.45) is 23.7 Å². The van der Waals surface area contributed by atoms with Gasteiger partial charge in [0, 0.05) is 75.4 Å². The molecular weight excluding hydrogens is 787 g/mol. The molecule has 0 fully saturated rings. The van der Waals surface area contributed by atoms with Crippen molar-refractivity contribution >= 4 is 60.8 Å². The monoisotopic (exact) mass is 841 g/mol. The number of amides is 1. The average molecular weight is 842 g/mol. The number of ketones is 1. The molecule has 9 atom stereocenters. The molecule has 2 aliphatic heterocycles. The first-order chi connectivity index (χ1) is 27.8. The number of aromatic nitrogens is 1. The minimum atomic E-state index is -1.98. The fourth-order valence-electron chi connectivity index (χ4n) is 7.63. The van der Waals surface area contributed by atoms with Crippen molar-refractivity contribution in [1.82, 2.24) is 4.98 Å². The van der Waals surface area contributed by atoms with E-state index in [0.29, 0.717) is 5.13 Å². The van der Waals surface area contributed by atoms with Crippen molar-refractivity contribution in [1.29, 1.82) is 0 Å². The Kier molecular flexibility index (Phi) is 14.0. The number of anilines is 2. The Morgan fingerprint density at radius 3 is 2.31 bits per heavy atom. The summed E-state index contributed by atoms with van der Waals surface area (Å²) in [5.41, 5.74) is 0.452.